The van der Waals surface area contributed by atoms with E-state index in [0.29, 0.717) is 6.20 Å². The van der Waals surface area contributed by atoms with Crippen LogP contribution in [0.5, 0.6) is 0 Å². The average molecular weight is 458 g/mol. The van der Waals surface area contributed by atoms with Crippen molar-refractivity contribution in [1.82, 2.24) is 9.97 Å². The summed E-state index contributed by atoms with van der Waals surface area (Å²) in [5.74, 6) is -0.346. The fourth-order valence-corrected chi connectivity index (χ4v) is 3.62. The molecule has 0 aliphatic rings. The van der Waals surface area contributed by atoms with Gasteiger partial charge in [-0.1, -0.05) is 11.8 Å². The third-order valence-corrected chi connectivity index (χ3v) is 5.22. The van der Waals surface area contributed by atoms with Crippen LogP contribution < -0.4 is 11.3 Å². The van der Waals surface area contributed by atoms with Gasteiger partial charge in [0.2, 0.25) is 0 Å². The molecule has 3 N–H and O–H groups in total. The number of nitrogens with two attached hydrogens (primary N) is 1. The summed E-state index contributed by atoms with van der Waals surface area (Å²) in [6.07, 6.45) is -3.96. The second kappa shape index (κ2) is 8.41. The number of nitrogens with zero attached hydrogens (tertiary/aromatic N) is 4. The van der Waals surface area contributed by atoms with Gasteiger partial charge in [-0.2, -0.15) is 23.7 Å². The molecule has 0 atom stereocenters. The molecule has 0 radical (unpaired) electrons. The highest BCUT2D eigenvalue weighted by atomic mass is 32.2. The van der Waals surface area contributed by atoms with Gasteiger partial charge >= 0.3 is 6.18 Å². The van der Waals surface area contributed by atoms with Crippen molar-refractivity contribution in [2.24, 2.45) is 0 Å². The number of nitrogen functional groups attached to an aromatic ring is 1. The van der Waals surface area contributed by atoms with Crippen LogP contribution in [0.1, 0.15) is 16.7 Å². The van der Waals surface area contributed by atoms with Gasteiger partial charge in [0.15, 0.2) is 0 Å². The lowest BCUT2D eigenvalue weighted by molar-refractivity contribution is -0.384. The van der Waals surface area contributed by atoms with Gasteiger partial charge in [0.05, 0.1) is 10.5 Å². The van der Waals surface area contributed by atoms with Crippen LogP contribution in [0.15, 0.2) is 51.2 Å². The molecule has 13 heteroatoms. The fraction of sp³-hybridized carbons (Fsp3) is 0.0526. The maximum absolute atomic E-state index is 12.8. The van der Waals surface area contributed by atoms with E-state index >= 15 is 0 Å². The van der Waals surface area contributed by atoms with Crippen molar-refractivity contribution in [3.63, 3.8) is 0 Å². The Labute approximate surface area is 181 Å². The Morgan fingerprint density at radius 1 is 1.16 bits per heavy atom. The zero-order valence-electron chi connectivity index (χ0n) is 15.6. The lowest BCUT2D eigenvalue weighted by Crippen LogP contribution is -2.16. The van der Waals surface area contributed by atoms with E-state index in [0.717, 1.165) is 36.0 Å². The molecule has 0 aliphatic heterocycles. The van der Waals surface area contributed by atoms with Crippen LogP contribution in [0.4, 0.5) is 24.7 Å². The largest absolute Gasteiger partial charge is 0.417 e. The number of benzene rings is 1. The Hall–Kier alpha value is -4.36. The highest BCUT2D eigenvalue weighted by Gasteiger charge is 2.31. The number of nitro groups is 1. The predicted octanol–water partition coefficient (Wildman–Crippen LogP) is 3.84. The Morgan fingerprint density at radius 2 is 1.84 bits per heavy atom. The average Bonchev–Trinajstić information content (AvgIpc) is 2.73. The molecule has 32 heavy (non-hydrogen) atoms. The zero-order chi connectivity index (χ0) is 23.6. The van der Waals surface area contributed by atoms with Crippen LogP contribution in [0.2, 0.25) is 0 Å². The Kier molecular flexibility index (Phi) is 5.87. The predicted molar refractivity (Wildman–Crippen MR) is 106 cm³/mol. The first-order chi connectivity index (χ1) is 15.1. The molecule has 0 fully saturated rings. The van der Waals surface area contributed by atoms with E-state index in [1.807, 2.05) is 0 Å². The van der Waals surface area contributed by atoms with E-state index in [4.69, 9.17) is 5.73 Å². The van der Waals surface area contributed by atoms with E-state index in [1.54, 1.807) is 12.1 Å². The van der Waals surface area contributed by atoms with Crippen molar-refractivity contribution in [3.8, 4) is 23.3 Å². The normalized spacial score (nSPS) is 10.9. The minimum atomic E-state index is -4.58. The zero-order valence-corrected chi connectivity index (χ0v) is 16.4. The van der Waals surface area contributed by atoms with Crippen molar-refractivity contribution in [2.45, 2.75) is 16.1 Å². The van der Waals surface area contributed by atoms with Crippen LogP contribution >= 0.6 is 11.8 Å². The molecule has 3 rings (SSSR count). The van der Waals surface area contributed by atoms with Gasteiger partial charge < -0.3 is 10.7 Å². The van der Waals surface area contributed by atoms with Gasteiger partial charge in [-0.3, -0.25) is 14.9 Å². The number of nitro benzene ring substituents is 1. The smallest absolute Gasteiger partial charge is 0.384 e. The van der Waals surface area contributed by atoms with Crippen molar-refractivity contribution in [3.05, 3.63) is 73.7 Å². The molecule has 9 nitrogen and oxygen atoms in total. The fourth-order valence-electron chi connectivity index (χ4n) is 2.75. The maximum Gasteiger partial charge on any atom is 0.417 e. The van der Waals surface area contributed by atoms with Crippen LogP contribution in [-0.2, 0) is 6.18 Å². The topological polar surface area (TPSA) is 162 Å². The number of nitrogens with one attached hydrogen (secondary N) is 1. The summed E-state index contributed by atoms with van der Waals surface area (Å²) in [7, 11) is 0. The number of halogens is 3. The number of aromatic amines is 1. The summed E-state index contributed by atoms with van der Waals surface area (Å²) in [5, 5.41) is 30.4. The molecule has 0 saturated heterocycles. The van der Waals surface area contributed by atoms with Crippen LogP contribution in [0.3, 0.4) is 0 Å². The molecular formula is C19H9F3N6O3S. The minimum Gasteiger partial charge on any atom is -0.384 e. The molecule has 2 heterocycles. The summed E-state index contributed by atoms with van der Waals surface area (Å²) >= 11 is 0.826. The molecule has 0 spiro atoms. The number of aromatic nitrogens is 2. The summed E-state index contributed by atoms with van der Waals surface area (Å²) in [4.78, 5) is 28.9. The SMILES string of the molecule is N#Cc1c(N)[nH]c(=O)c(C#N)c1-c1cc([N+](=O)[O-])ccc1Sc1ccc(C(F)(F)F)cn1. The van der Waals surface area contributed by atoms with Crippen molar-refractivity contribution >= 4 is 23.3 Å². The van der Waals surface area contributed by atoms with Gasteiger partial charge in [-0.05, 0) is 18.2 Å². The van der Waals surface area contributed by atoms with E-state index in [1.165, 1.54) is 6.07 Å². The molecule has 0 unspecified atom stereocenters. The van der Waals surface area contributed by atoms with Crippen molar-refractivity contribution in [1.29, 1.82) is 10.5 Å². The first kappa shape index (κ1) is 22.3. The number of hydrogen-bond acceptors (Lipinski definition) is 8. The lowest BCUT2D eigenvalue weighted by Gasteiger charge is -2.13. The number of nitriles is 2. The standard InChI is InChI=1S/C19H9F3N6O3S/c20-19(21,22)9-1-4-15(26-8-9)32-14-3-2-10(28(30)31)5-11(14)16-12(6-23)17(25)27-18(29)13(16)7-24/h1-5,8H,(H3,25,27,29). The molecule has 0 bridgehead atoms. The summed E-state index contributed by atoms with van der Waals surface area (Å²) in [6, 6.07) is 8.78. The van der Waals surface area contributed by atoms with E-state index in [-0.39, 0.29) is 32.4 Å². The Bertz CT molecular complexity index is 1370. The Morgan fingerprint density at radius 3 is 2.38 bits per heavy atom. The van der Waals surface area contributed by atoms with Crippen molar-refractivity contribution < 1.29 is 18.1 Å². The third-order valence-electron chi connectivity index (χ3n) is 4.19. The molecule has 160 valence electrons. The van der Waals surface area contributed by atoms with E-state index < -0.39 is 33.5 Å². The number of H-pyrrole nitrogens is 1. The summed E-state index contributed by atoms with van der Waals surface area (Å²) in [5.41, 5.74) is 2.36. The Balaban J connectivity index is 2.25. The van der Waals surface area contributed by atoms with Gasteiger partial charge in [0.25, 0.3) is 11.2 Å². The van der Waals surface area contributed by atoms with Gasteiger partial charge in [0, 0.05) is 34.4 Å². The van der Waals surface area contributed by atoms with Gasteiger partial charge in [-0.25, -0.2) is 4.98 Å². The van der Waals surface area contributed by atoms with Crippen molar-refractivity contribution in [2.75, 3.05) is 5.73 Å². The van der Waals surface area contributed by atoms with E-state index in [2.05, 4.69) is 9.97 Å². The number of anilines is 1. The lowest BCUT2D eigenvalue weighted by atomic mass is 9.96. The molecule has 1 aromatic carbocycles. The molecule has 0 aliphatic carbocycles. The number of non-ortho nitro benzene ring substituents is 1. The maximum atomic E-state index is 12.8. The highest BCUT2D eigenvalue weighted by Crippen LogP contribution is 2.40. The quantitative estimate of drug-likeness (QED) is 0.440. The molecular weight excluding hydrogens is 449 g/mol. The summed E-state index contributed by atoms with van der Waals surface area (Å²) in [6.45, 7) is 0. The van der Waals surface area contributed by atoms with Crippen LogP contribution in [0, 0.1) is 32.8 Å². The monoisotopic (exact) mass is 458 g/mol. The molecule has 0 amide bonds. The number of pyridine rings is 2. The first-order valence-electron chi connectivity index (χ1n) is 8.42. The van der Waals surface area contributed by atoms with Gasteiger partial charge in [-0.15, -0.1) is 0 Å². The summed E-state index contributed by atoms with van der Waals surface area (Å²) < 4.78 is 38.3. The number of alkyl halides is 3. The second-order valence-electron chi connectivity index (χ2n) is 6.14. The molecule has 0 saturated carbocycles. The second-order valence-corrected chi connectivity index (χ2v) is 7.20. The minimum absolute atomic E-state index is 0.0446. The van der Waals surface area contributed by atoms with E-state index in [9.17, 15) is 38.6 Å². The van der Waals surface area contributed by atoms with Crippen LogP contribution in [-0.4, -0.2) is 14.9 Å². The van der Waals surface area contributed by atoms with Crippen LogP contribution in [0.25, 0.3) is 11.1 Å². The number of rotatable bonds is 4. The van der Waals surface area contributed by atoms with Gasteiger partial charge in [0.1, 0.15) is 34.1 Å². The molecule has 2 aromatic heterocycles. The number of hydrogen-bond donors (Lipinski definition) is 2. The highest BCUT2D eigenvalue weighted by molar-refractivity contribution is 7.99. The third kappa shape index (κ3) is 4.23. The molecule has 3 aromatic rings. The first-order valence-corrected chi connectivity index (χ1v) is 9.24.